The molecule has 1 saturated carbocycles. The van der Waals surface area contributed by atoms with E-state index < -0.39 is 0 Å². The van der Waals surface area contributed by atoms with Gasteiger partial charge in [0.25, 0.3) is 0 Å². The summed E-state index contributed by atoms with van der Waals surface area (Å²) < 4.78 is 0. The number of anilines is 1. The quantitative estimate of drug-likeness (QED) is 0.715. The van der Waals surface area contributed by atoms with Gasteiger partial charge in [0.2, 0.25) is 0 Å². The van der Waals surface area contributed by atoms with E-state index in [4.69, 9.17) is 0 Å². The highest BCUT2D eigenvalue weighted by molar-refractivity contribution is 5.51. The monoisotopic (exact) mass is 174 g/mol. The van der Waals surface area contributed by atoms with Crippen LogP contribution in [0.15, 0.2) is 18.2 Å². The minimum Gasteiger partial charge on any atom is -0.382 e. The zero-order valence-electron chi connectivity index (χ0n) is 7.64. The molecule has 0 bridgehead atoms. The third-order valence-electron chi connectivity index (χ3n) is 2.79. The van der Waals surface area contributed by atoms with Gasteiger partial charge < -0.3 is 10.6 Å². The van der Waals surface area contributed by atoms with Gasteiger partial charge in [-0.05, 0) is 36.1 Å². The predicted octanol–water partition coefficient (Wildman–Crippen LogP) is 1.86. The van der Waals surface area contributed by atoms with Crippen molar-refractivity contribution < 1.29 is 0 Å². The lowest BCUT2D eigenvalue weighted by Crippen LogP contribution is -2.01. The summed E-state index contributed by atoms with van der Waals surface area (Å²) in [5.74, 6) is 0. The Kier molecular flexibility index (Phi) is 1.56. The number of rotatable bonds is 2. The van der Waals surface area contributed by atoms with Crippen LogP contribution in [0, 0.1) is 0 Å². The molecule has 2 heteroatoms. The van der Waals surface area contributed by atoms with Crippen LogP contribution in [-0.4, -0.2) is 6.04 Å². The second-order valence-electron chi connectivity index (χ2n) is 4.01. The lowest BCUT2D eigenvalue weighted by Gasteiger charge is -2.06. The smallest absolute Gasteiger partial charge is 0.0345 e. The minimum absolute atomic E-state index is 0.757. The maximum absolute atomic E-state index is 3.52. The SMILES string of the molecule is c1cc2c(cc1NC1CC1)CNC2. The van der Waals surface area contributed by atoms with Gasteiger partial charge in [0, 0.05) is 24.8 Å². The maximum Gasteiger partial charge on any atom is 0.0345 e. The van der Waals surface area contributed by atoms with E-state index in [1.165, 1.54) is 29.7 Å². The summed E-state index contributed by atoms with van der Waals surface area (Å²) in [4.78, 5) is 0. The van der Waals surface area contributed by atoms with Crippen LogP contribution < -0.4 is 10.6 Å². The van der Waals surface area contributed by atoms with Gasteiger partial charge in [-0.1, -0.05) is 6.07 Å². The summed E-state index contributed by atoms with van der Waals surface area (Å²) in [5, 5.41) is 6.87. The van der Waals surface area contributed by atoms with E-state index in [1.54, 1.807) is 0 Å². The summed E-state index contributed by atoms with van der Waals surface area (Å²) in [6, 6.07) is 7.48. The van der Waals surface area contributed by atoms with Crippen LogP contribution in [0.5, 0.6) is 0 Å². The molecule has 1 aliphatic heterocycles. The lowest BCUT2D eigenvalue weighted by atomic mass is 10.1. The molecule has 2 aliphatic rings. The Morgan fingerprint density at radius 3 is 2.85 bits per heavy atom. The largest absolute Gasteiger partial charge is 0.382 e. The first kappa shape index (κ1) is 7.39. The molecule has 2 nitrogen and oxygen atoms in total. The van der Waals surface area contributed by atoms with Crippen LogP contribution in [0.4, 0.5) is 5.69 Å². The van der Waals surface area contributed by atoms with Gasteiger partial charge in [-0.25, -0.2) is 0 Å². The highest BCUT2D eigenvalue weighted by atomic mass is 15.0. The molecule has 0 radical (unpaired) electrons. The average Bonchev–Trinajstić information content (AvgIpc) is 2.83. The van der Waals surface area contributed by atoms with Gasteiger partial charge in [0.15, 0.2) is 0 Å². The first-order valence-electron chi connectivity index (χ1n) is 5.01. The molecule has 1 aromatic rings. The van der Waals surface area contributed by atoms with Crippen molar-refractivity contribution >= 4 is 5.69 Å². The van der Waals surface area contributed by atoms with E-state index in [0.29, 0.717) is 0 Å². The maximum atomic E-state index is 3.52. The Balaban J connectivity index is 1.86. The molecule has 1 aromatic carbocycles. The Bertz CT molecular complexity index is 329. The number of benzene rings is 1. The van der Waals surface area contributed by atoms with Crippen molar-refractivity contribution in [3.63, 3.8) is 0 Å². The van der Waals surface area contributed by atoms with Gasteiger partial charge in [-0.15, -0.1) is 0 Å². The molecule has 3 rings (SSSR count). The average molecular weight is 174 g/mol. The van der Waals surface area contributed by atoms with Crippen LogP contribution in [0.1, 0.15) is 24.0 Å². The fourth-order valence-corrected chi connectivity index (χ4v) is 1.85. The van der Waals surface area contributed by atoms with E-state index in [1.807, 2.05) is 0 Å². The standard InChI is InChI=1S/C11H14N2/c1-2-11(13-10-3-4-10)5-9-7-12-6-8(1)9/h1-2,5,10,12-13H,3-4,6-7H2. The van der Waals surface area contributed by atoms with E-state index in [-0.39, 0.29) is 0 Å². The summed E-state index contributed by atoms with van der Waals surface area (Å²) in [5.41, 5.74) is 4.22. The summed E-state index contributed by atoms with van der Waals surface area (Å²) in [6.07, 6.45) is 2.69. The fourth-order valence-electron chi connectivity index (χ4n) is 1.85. The molecule has 2 N–H and O–H groups in total. The van der Waals surface area contributed by atoms with Gasteiger partial charge in [0.1, 0.15) is 0 Å². The molecule has 1 aliphatic carbocycles. The lowest BCUT2D eigenvalue weighted by molar-refractivity contribution is 0.765. The molecule has 1 fully saturated rings. The topological polar surface area (TPSA) is 24.1 Å². The Hall–Kier alpha value is -1.02. The molecular formula is C11H14N2. The number of fused-ring (bicyclic) bond motifs is 1. The highest BCUT2D eigenvalue weighted by Gasteiger charge is 2.21. The zero-order valence-corrected chi connectivity index (χ0v) is 7.64. The highest BCUT2D eigenvalue weighted by Crippen LogP contribution is 2.26. The van der Waals surface area contributed by atoms with E-state index in [0.717, 1.165) is 19.1 Å². The molecule has 0 unspecified atom stereocenters. The van der Waals surface area contributed by atoms with Crippen molar-refractivity contribution in [2.24, 2.45) is 0 Å². The Morgan fingerprint density at radius 2 is 2.00 bits per heavy atom. The van der Waals surface area contributed by atoms with Crippen molar-refractivity contribution in [1.29, 1.82) is 0 Å². The third kappa shape index (κ3) is 1.42. The van der Waals surface area contributed by atoms with Crippen LogP contribution >= 0.6 is 0 Å². The Morgan fingerprint density at radius 1 is 1.15 bits per heavy atom. The van der Waals surface area contributed by atoms with Crippen molar-refractivity contribution in [2.45, 2.75) is 32.0 Å². The first-order valence-corrected chi connectivity index (χ1v) is 5.01. The van der Waals surface area contributed by atoms with Crippen molar-refractivity contribution in [1.82, 2.24) is 5.32 Å². The second kappa shape index (κ2) is 2.74. The molecule has 0 spiro atoms. The van der Waals surface area contributed by atoms with Crippen molar-refractivity contribution in [3.05, 3.63) is 29.3 Å². The van der Waals surface area contributed by atoms with Crippen molar-refractivity contribution in [3.8, 4) is 0 Å². The first-order chi connectivity index (χ1) is 6.42. The summed E-state index contributed by atoms with van der Waals surface area (Å²) in [6.45, 7) is 2.08. The molecular weight excluding hydrogens is 160 g/mol. The fraction of sp³-hybridized carbons (Fsp3) is 0.455. The van der Waals surface area contributed by atoms with Gasteiger partial charge in [-0.3, -0.25) is 0 Å². The van der Waals surface area contributed by atoms with Crippen LogP contribution in [0.25, 0.3) is 0 Å². The van der Waals surface area contributed by atoms with Gasteiger partial charge in [0.05, 0.1) is 0 Å². The van der Waals surface area contributed by atoms with Gasteiger partial charge >= 0.3 is 0 Å². The third-order valence-corrected chi connectivity index (χ3v) is 2.79. The van der Waals surface area contributed by atoms with E-state index in [9.17, 15) is 0 Å². The minimum atomic E-state index is 0.757. The number of hydrogen-bond donors (Lipinski definition) is 2. The van der Waals surface area contributed by atoms with E-state index in [2.05, 4.69) is 28.8 Å². The number of hydrogen-bond acceptors (Lipinski definition) is 2. The summed E-state index contributed by atoms with van der Waals surface area (Å²) in [7, 11) is 0. The van der Waals surface area contributed by atoms with Crippen LogP contribution in [0.3, 0.4) is 0 Å². The normalized spacial score (nSPS) is 20.0. The van der Waals surface area contributed by atoms with Crippen molar-refractivity contribution in [2.75, 3.05) is 5.32 Å². The zero-order chi connectivity index (χ0) is 8.67. The molecule has 1 heterocycles. The predicted molar refractivity (Wildman–Crippen MR) is 53.6 cm³/mol. The second-order valence-corrected chi connectivity index (χ2v) is 4.01. The van der Waals surface area contributed by atoms with E-state index >= 15 is 0 Å². The Labute approximate surface area is 78.3 Å². The molecule has 0 saturated heterocycles. The van der Waals surface area contributed by atoms with Crippen LogP contribution in [0.2, 0.25) is 0 Å². The molecule has 13 heavy (non-hydrogen) atoms. The molecule has 68 valence electrons. The number of nitrogens with one attached hydrogen (secondary N) is 2. The molecule has 0 amide bonds. The molecule has 0 atom stereocenters. The summed E-state index contributed by atoms with van der Waals surface area (Å²) >= 11 is 0. The van der Waals surface area contributed by atoms with Gasteiger partial charge in [-0.2, -0.15) is 0 Å². The molecule has 0 aromatic heterocycles. The van der Waals surface area contributed by atoms with Crippen LogP contribution in [-0.2, 0) is 13.1 Å².